The standard InChI is InChI=1S/C27H33ClFN5O2.C25H32ClFN6O2.C24H30ClFN6O2.C24H29ClFN5O2/c1-15(2)36-23-18(16(3)25-32-17(4)22-24(30)31-10-11-34(22)25)12-19(28)21(29)20(23)26(35)33-13-27(14-33)8-6-5-7-9-27;1-6-31-9-11-32(12-10-31)25(34)19-20(27)18(26)13-17(22(19)35-14(2)3)15(4)24-30-16(5)21-23(28)29-7-8-33(21)24;1-13(2)34-21-16(14(3)23-29-15(4)20-22(27)28-6-7-32(20)23)12-17(25)19(26)18(21)24(33)31-10-8-30(5)9-11-31;1-13(2)33-21-16(14(3)23-29-15(4)20-22(27)28-8-11-31(20)23)12-17(25)19(26)18(21)24(32)30-9-6-5-7-10-30/h10-12,15-16H,5-9,13-14H2,1-4H3,(H2,30,31);7-8,13-15H,6,9-12H2,1-5H3,(H2,28,29);6-7,12-14H,8-11H2,1-5H3,(H2,27,28);8,11-14H,5-7,9-10H2,1-4H3,(H2,27,28). The number of amides is 4. The van der Waals surface area contributed by atoms with Crippen molar-refractivity contribution >= 4 is 115 Å². The van der Waals surface area contributed by atoms with E-state index in [-0.39, 0.29) is 125 Å². The molecule has 1 saturated carbocycles. The van der Waals surface area contributed by atoms with Crippen LogP contribution < -0.4 is 41.9 Å². The van der Waals surface area contributed by atoms with Crippen molar-refractivity contribution < 1.29 is 55.7 Å². The number of fused-ring (bicyclic) bond motifs is 4. The summed E-state index contributed by atoms with van der Waals surface area (Å²) in [5, 5.41) is -0.485. The zero-order chi connectivity index (χ0) is 99.8. The van der Waals surface area contributed by atoms with Crippen LogP contribution in [0, 0.1) is 56.4 Å². The SMILES string of the molecule is CCN1CCN(C(=O)c2c(F)c(Cl)cc(C(C)c3nc(C)c4c(N)nccn34)c2OC(C)C)CC1.Cc1nc(C(C)c2cc(Cl)c(F)c(C(=O)N3CC4(CCCCC4)C3)c2OC(C)C)n2ccnc(N)c12.Cc1nc(C(C)c2cc(Cl)c(F)c(C(=O)N3CCCCC3)c2OC(C)C)n2ccnc(N)c12.Cc1nc(C(C)c2cc(Cl)c(F)c(C(=O)N3CCN(C)CC3)c2OC(C)C)n2ccnc(N)c12. The molecule has 4 saturated heterocycles. The van der Waals surface area contributed by atoms with Crippen LogP contribution in [0.25, 0.3) is 22.1 Å². The molecule has 138 heavy (non-hydrogen) atoms. The van der Waals surface area contributed by atoms with E-state index in [9.17, 15) is 19.2 Å². The smallest absolute Gasteiger partial charge is 0.260 e. The Morgan fingerprint density at radius 1 is 0.370 bits per heavy atom. The number of aryl methyl sites for hydroxylation is 4. The molecule has 1 aliphatic carbocycles. The number of likely N-dealkylation sites (tertiary alicyclic amines) is 2. The fraction of sp³-hybridized carbons (Fsp3) is 0.480. The third-order valence-corrected chi connectivity index (χ3v) is 27.5. The largest absolute Gasteiger partial charge is 0.490 e. The summed E-state index contributed by atoms with van der Waals surface area (Å²) in [6.07, 6.45) is 21.2. The maximum Gasteiger partial charge on any atom is 0.260 e. The van der Waals surface area contributed by atoms with E-state index in [2.05, 4.69) is 36.7 Å². The Morgan fingerprint density at radius 3 is 0.877 bits per heavy atom. The lowest BCUT2D eigenvalue weighted by Gasteiger charge is -2.52. The summed E-state index contributed by atoms with van der Waals surface area (Å²) in [6.45, 7) is 40.4. The fourth-order valence-corrected chi connectivity index (χ4v) is 20.2. The van der Waals surface area contributed by atoms with Crippen LogP contribution in [0.3, 0.4) is 0 Å². The second kappa shape index (κ2) is 42.6. The van der Waals surface area contributed by atoms with Crippen molar-refractivity contribution in [2.45, 2.75) is 217 Å². The number of hydrogen-bond acceptors (Lipinski definition) is 22. The van der Waals surface area contributed by atoms with E-state index in [0.717, 1.165) is 74.5 Å². The number of halogens is 8. The molecule has 1 spiro atoms. The summed E-state index contributed by atoms with van der Waals surface area (Å²) in [5.41, 5.74) is 32.2. The van der Waals surface area contributed by atoms with Gasteiger partial charge in [0.2, 0.25) is 0 Å². The molecule has 4 aliphatic heterocycles. The highest BCUT2D eigenvalue weighted by Crippen LogP contribution is 2.50. The summed E-state index contributed by atoms with van der Waals surface area (Å²) in [5.74, 6) is -1.12. The first-order chi connectivity index (χ1) is 65.5. The first-order valence-electron chi connectivity index (χ1n) is 47.2. The third-order valence-electron chi connectivity index (χ3n) is 26.4. The Balaban J connectivity index is 0.000000147. The number of imidazole rings is 4. The number of carbonyl (C=O) groups excluding carboxylic acids is 4. The average Bonchev–Trinajstić information content (AvgIpc) is 1.06. The van der Waals surface area contributed by atoms with Gasteiger partial charge in [0.1, 0.15) is 114 Å². The monoisotopic (exact) mass is 1980 g/mol. The van der Waals surface area contributed by atoms with E-state index in [0.29, 0.717) is 156 Å². The summed E-state index contributed by atoms with van der Waals surface area (Å²) in [4.78, 5) is 101. The first kappa shape index (κ1) is 102. The van der Waals surface area contributed by atoms with Gasteiger partial charge in [-0.15, -0.1) is 0 Å². The number of ether oxygens (including phenoxy) is 4. The van der Waals surface area contributed by atoms with E-state index in [1.807, 2.05) is 135 Å². The van der Waals surface area contributed by atoms with Gasteiger partial charge < -0.3 is 71.3 Å². The van der Waals surface area contributed by atoms with Gasteiger partial charge in [0.25, 0.3) is 23.6 Å². The number of piperidine rings is 1. The lowest BCUT2D eigenvalue weighted by atomic mass is 9.68. The topological polar surface area (TPSA) is 349 Å². The molecule has 0 radical (unpaired) electrons. The molecule has 4 aromatic carbocycles. The van der Waals surface area contributed by atoms with Crippen molar-refractivity contribution in [2.75, 3.05) is 115 Å². The van der Waals surface area contributed by atoms with Crippen molar-refractivity contribution in [1.82, 2.24) is 86.9 Å². The van der Waals surface area contributed by atoms with E-state index in [1.54, 1.807) is 75.2 Å². The number of nitrogen functional groups attached to an aromatic ring is 4. The lowest BCUT2D eigenvalue weighted by Crippen LogP contribution is -2.59. The number of hydrogen-bond donors (Lipinski definition) is 4. The van der Waals surface area contributed by atoms with E-state index in [1.165, 1.54) is 37.5 Å². The number of nitrogens with zero attached hydrogens (tertiary/aromatic N) is 18. The average molecular weight is 1980 g/mol. The minimum atomic E-state index is -0.769. The number of anilines is 4. The molecule has 0 bridgehead atoms. The predicted octanol–water partition coefficient (Wildman–Crippen LogP) is 18.6. The summed E-state index contributed by atoms with van der Waals surface area (Å²) in [6, 6.07) is 6.15. The highest BCUT2D eigenvalue weighted by atomic mass is 35.5. The maximum atomic E-state index is 15.6. The Bertz CT molecular complexity index is 6570. The number of carbonyl (C=O) groups is 4. The number of nitrogens with two attached hydrogens (primary N) is 4. The lowest BCUT2D eigenvalue weighted by molar-refractivity contribution is -0.0160. The van der Waals surface area contributed by atoms with Crippen molar-refractivity contribution in [3.63, 3.8) is 0 Å². The van der Waals surface area contributed by atoms with Crippen molar-refractivity contribution in [1.29, 1.82) is 0 Å². The fourth-order valence-electron chi connectivity index (χ4n) is 19.4. The van der Waals surface area contributed by atoms with Gasteiger partial charge in [-0.1, -0.05) is 100 Å². The summed E-state index contributed by atoms with van der Waals surface area (Å²) < 4.78 is 93.8. The maximum absolute atomic E-state index is 15.6. The quantitative estimate of drug-likeness (QED) is 0.0485. The highest BCUT2D eigenvalue weighted by molar-refractivity contribution is 6.32. The van der Waals surface area contributed by atoms with Crippen LogP contribution in [0.5, 0.6) is 23.0 Å². The summed E-state index contributed by atoms with van der Waals surface area (Å²) in [7, 11) is 1.99. The molecule has 4 atom stereocenters. The van der Waals surface area contributed by atoms with E-state index < -0.39 is 41.0 Å². The Labute approximate surface area is 821 Å². The minimum Gasteiger partial charge on any atom is -0.490 e. The normalized spacial score (nSPS) is 16.2. The summed E-state index contributed by atoms with van der Waals surface area (Å²) >= 11 is 25.5. The first-order valence-corrected chi connectivity index (χ1v) is 48.7. The molecule has 5 fully saturated rings. The second-order valence-electron chi connectivity index (χ2n) is 37.7. The molecular weight excluding hydrogens is 1860 g/mol. The number of piperazine rings is 2. The molecule has 30 nitrogen and oxygen atoms in total. The zero-order valence-electron chi connectivity index (χ0n) is 81.5. The van der Waals surface area contributed by atoms with Gasteiger partial charge in [0.05, 0.1) is 67.3 Å². The van der Waals surface area contributed by atoms with Gasteiger partial charge in [0, 0.05) is 179 Å². The molecule has 8 N–H and O–H groups in total. The number of rotatable bonds is 21. The van der Waals surface area contributed by atoms with Crippen LogP contribution in [0.2, 0.25) is 20.1 Å². The second-order valence-corrected chi connectivity index (χ2v) is 39.3. The number of likely N-dealkylation sites (N-methyl/N-ethyl adjacent to an activating group) is 2. The molecule has 38 heteroatoms. The van der Waals surface area contributed by atoms with E-state index >= 15 is 17.6 Å². The Hall–Kier alpha value is -11.6. The van der Waals surface area contributed by atoms with E-state index in [4.69, 9.17) is 108 Å². The Kier molecular flexibility index (Phi) is 31.6. The van der Waals surface area contributed by atoms with Crippen molar-refractivity contribution in [2.24, 2.45) is 5.41 Å². The molecular formula is C100H124Cl4F4N22O8. The van der Waals surface area contributed by atoms with Crippen molar-refractivity contribution in [3.05, 3.63) is 208 Å². The number of benzene rings is 4. The Morgan fingerprint density at radius 2 is 0.616 bits per heavy atom. The molecule has 5 aliphatic rings. The van der Waals surface area contributed by atoms with Crippen LogP contribution in [-0.4, -0.2) is 227 Å². The van der Waals surface area contributed by atoms with Gasteiger partial charge in [-0.2, -0.15) is 0 Å². The molecule has 17 rings (SSSR count). The van der Waals surface area contributed by atoms with Crippen LogP contribution in [0.15, 0.2) is 73.8 Å². The molecule has 738 valence electrons. The van der Waals surface area contributed by atoms with Gasteiger partial charge in [-0.25, -0.2) is 57.4 Å². The molecule has 12 aromatic rings. The molecule has 4 amide bonds. The molecule has 8 aromatic heterocycles. The zero-order valence-corrected chi connectivity index (χ0v) is 84.6. The van der Waals surface area contributed by atoms with Crippen LogP contribution >= 0.6 is 46.4 Å². The predicted molar refractivity (Wildman–Crippen MR) is 530 cm³/mol. The molecule has 4 unspecified atom stereocenters. The van der Waals surface area contributed by atoms with Gasteiger partial charge in [-0.3, -0.25) is 36.8 Å². The van der Waals surface area contributed by atoms with Gasteiger partial charge >= 0.3 is 0 Å². The number of aromatic nitrogens is 12. The van der Waals surface area contributed by atoms with Crippen LogP contribution in [-0.2, 0) is 0 Å². The van der Waals surface area contributed by atoms with Crippen LogP contribution in [0.1, 0.15) is 275 Å². The minimum absolute atomic E-state index is 0.0949. The van der Waals surface area contributed by atoms with Crippen molar-refractivity contribution in [3.8, 4) is 23.0 Å². The van der Waals surface area contributed by atoms with Crippen LogP contribution in [0.4, 0.5) is 40.8 Å². The third kappa shape index (κ3) is 20.7. The highest BCUT2D eigenvalue weighted by Gasteiger charge is 2.48. The van der Waals surface area contributed by atoms with Gasteiger partial charge in [-0.05, 0) is 153 Å². The van der Waals surface area contributed by atoms with Gasteiger partial charge in [0.15, 0.2) is 23.3 Å². The molecule has 12 heterocycles.